The smallest absolute Gasteiger partial charge is 0.339 e. The molecule has 0 radical (unpaired) electrons. The molecule has 2 N–H and O–H groups in total. The van der Waals surface area contributed by atoms with Gasteiger partial charge in [-0.2, -0.15) is 4.72 Å². The van der Waals surface area contributed by atoms with Crippen LogP contribution in [0.25, 0.3) is 0 Å². The number of sulfonamides is 1. The largest absolute Gasteiger partial charge is 0.480 e. The SMILES string of the molecule is COC(=O)c1ccc(F)cc1S(=O)(=O)N[C@H](C(=O)O)C(C)C. The van der Waals surface area contributed by atoms with E-state index in [0.717, 1.165) is 19.2 Å². The fourth-order valence-electron chi connectivity index (χ4n) is 1.70. The van der Waals surface area contributed by atoms with Crippen LogP contribution < -0.4 is 4.72 Å². The summed E-state index contributed by atoms with van der Waals surface area (Å²) in [5.74, 6) is -3.79. The molecule has 0 aliphatic rings. The van der Waals surface area contributed by atoms with Crippen LogP contribution in [0.4, 0.5) is 4.39 Å². The van der Waals surface area contributed by atoms with E-state index in [1.54, 1.807) is 0 Å². The van der Waals surface area contributed by atoms with Crippen LogP contribution in [0.5, 0.6) is 0 Å². The van der Waals surface area contributed by atoms with Gasteiger partial charge in [-0.1, -0.05) is 13.8 Å². The van der Waals surface area contributed by atoms with E-state index in [1.165, 1.54) is 13.8 Å². The Morgan fingerprint density at radius 2 is 1.91 bits per heavy atom. The van der Waals surface area contributed by atoms with Crippen molar-refractivity contribution in [1.82, 2.24) is 4.72 Å². The summed E-state index contributed by atoms with van der Waals surface area (Å²) in [6.07, 6.45) is 0. The second kappa shape index (κ2) is 6.84. The molecular weight excluding hydrogens is 317 g/mol. The normalized spacial score (nSPS) is 13.0. The summed E-state index contributed by atoms with van der Waals surface area (Å²) in [7, 11) is -3.38. The van der Waals surface area contributed by atoms with Crippen molar-refractivity contribution < 1.29 is 32.2 Å². The predicted octanol–water partition coefficient (Wildman–Crippen LogP) is 1.000. The Balaban J connectivity index is 3.36. The summed E-state index contributed by atoms with van der Waals surface area (Å²) in [5.41, 5.74) is -0.385. The molecule has 0 amide bonds. The topological polar surface area (TPSA) is 110 Å². The lowest BCUT2D eigenvalue weighted by molar-refractivity contribution is -0.140. The number of halogens is 1. The second-order valence-corrected chi connectivity index (χ2v) is 6.50. The van der Waals surface area contributed by atoms with Crippen LogP contribution in [0.2, 0.25) is 0 Å². The van der Waals surface area contributed by atoms with Gasteiger partial charge in [0.15, 0.2) is 0 Å². The summed E-state index contributed by atoms with van der Waals surface area (Å²) in [5, 5.41) is 9.04. The van der Waals surface area contributed by atoms with E-state index in [9.17, 15) is 22.4 Å². The average molecular weight is 333 g/mol. The minimum absolute atomic E-state index is 0.385. The van der Waals surface area contributed by atoms with Crippen molar-refractivity contribution in [2.45, 2.75) is 24.8 Å². The van der Waals surface area contributed by atoms with E-state index in [4.69, 9.17) is 5.11 Å². The van der Waals surface area contributed by atoms with Crippen LogP contribution in [0, 0.1) is 11.7 Å². The Morgan fingerprint density at radius 1 is 1.32 bits per heavy atom. The van der Waals surface area contributed by atoms with Gasteiger partial charge in [-0.15, -0.1) is 0 Å². The average Bonchev–Trinajstić information content (AvgIpc) is 2.43. The monoisotopic (exact) mass is 333 g/mol. The third-order valence-electron chi connectivity index (χ3n) is 2.85. The summed E-state index contributed by atoms with van der Waals surface area (Å²) in [4.78, 5) is 22.0. The van der Waals surface area contributed by atoms with Crippen LogP contribution in [-0.2, 0) is 19.6 Å². The Kier molecular flexibility index (Phi) is 5.61. The standard InChI is InChI=1S/C13H16FNO6S/c1-7(2)11(12(16)17)15-22(19,20)10-6-8(14)4-5-9(10)13(18)21-3/h4-7,11,15H,1-3H3,(H,16,17)/t11-/m0/s1. The molecule has 0 heterocycles. The molecule has 22 heavy (non-hydrogen) atoms. The van der Waals surface area contributed by atoms with Gasteiger partial charge in [0, 0.05) is 0 Å². The molecule has 7 nitrogen and oxygen atoms in total. The molecule has 0 fully saturated rings. The minimum atomic E-state index is -4.43. The molecule has 0 aliphatic heterocycles. The lowest BCUT2D eigenvalue weighted by atomic mass is 10.1. The maximum atomic E-state index is 13.3. The zero-order chi connectivity index (χ0) is 17.1. The van der Waals surface area contributed by atoms with Gasteiger partial charge in [0.25, 0.3) is 0 Å². The summed E-state index contributed by atoms with van der Waals surface area (Å²) in [6, 6.07) is 1.08. The number of nitrogens with one attached hydrogen (secondary N) is 1. The third-order valence-corrected chi connectivity index (χ3v) is 4.33. The van der Waals surface area contributed by atoms with Crippen molar-refractivity contribution in [2.24, 2.45) is 5.92 Å². The molecule has 1 atom stereocenters. The van der Waals surface area contributed by atoms with Crippen molar-refractivity contribution in [2.75, 3.05) is 7.11 Å². The molecule has 0 unspecified atom stereocenters. The number of hydrogen-bond donors (Lipinski definition) is 2. The number of carboxylic acid groups (broad SMARTS) is 1. The van der Waals surface area contributed by atoms with E-state index >= 15 is 0 Å². The van der Waals surface area contributed by atoms with E-state index in [-0.39, 0.29) is 5.56 Å². The maximum absolute atomic E-state index is 13.3. The maximum Gasteiger partial charge on any atom is 0.339 e. The summed E-state index contributed by atoms with van der Waals surface area (Å²) < 4.78 is 44.3. The molecule has 1 rings (SSSR count). The van der Waals surface area contributed by atoms with E-state index in [1.807, 2.05) is 4.72 Å². The highest BCUT2D eigenvalue weighted by molar-refractivity contribution is 7.89. The fraction of sp³-hybridized carbons (Fsp3) is 0.385. The van der Waals surface area contributed by atoms with Crippen molar-refractivity contribution in [3.63, 3.8) is 0 Å². The van der Waals surface area contributed by atoms with Gasteiger partial charge in [-0.25, -0.2) is 17.6 Å². The van der Waals surface area contributed by atoms with Crippen LogP contribution in [-0.4, -0.2) is 38.6 Å². The van der Waals surface area contributed by atoms with Crippen LogP contribution in [0.1, 0.15) is 24.2 Å². The molecular formula is C13H16FNO6S. The number of hydrogen-bond acceptors (Lipinski definition) is 5. The number of ether oxygens (including phenoxy) is 1. The highest BCUT2D eigenvalue weighted by atomic mass is 32.2. The van der Waals surface area contributed by atoms with Crippen molar-refractivity contribution >= 4 is 22.0 Å². The Labute approximate surface area is 127 Å². The third kappa shape index (κ3) is 4.01. The zero-order valence-electron chi connectivity index (χ0n) is 12.2. The fourth-order valence-corrected chi connectivity index (χ4v) is 3.24. The Bertz CT molecular complexity index is 686. The van der Waals surface area contributed by atoms with Crippen molar-refractivity contribution in [1.29, 1.82) is 0 Å². The van der Waals surface area contributed by atoms with Gasteiger partial charge >= 0.3 is 11.9 Å². The molecule has 122 valence electrons. The number of benzene rings is 1. The molecule has 0 aliphatic carbocycles. The van der Waals surface area contributed by atoms with Gasteiger partial charge in [0.05, 0.1) is 17.6 Å². The minimum Gasteiger partial charge on any atom is -0.480 e. The number of esters is 1. The lowest BCUT2D eigenvalue weighted by Crippen LogP contribution is -2.44. The number of carbonyl (C=O) groups excluding carboxylic acids is 1. The second-order valence-electron chi connectivity index (χ2n) is 4.81. The quantitative estimate of drug-likeness (QED) is 0.752. The van der Waals surface area contributed by atoms with Gasteiger partial charge in [-0.05, 0) is 24.1 Å². The zero-order valence-corrected chi connectivity index (χ0v) is 13.0. The van der Waals surface area contributed by atoms with Crippen LogP contribution in [0.15, 0.2) is 23.1 Å². The van der Waals surface area contributed by atoms with Crippen molar-refractivity contribution in [3.8, 4) is 0 Å². The van der Waals surface area contributed by atoms with Crippen molar-refractivity contribution in [3.05, 3.63) is 29.6 Å². The lowest BCUT2D eigenvalue weighted by Gasteiger charge is -2.19. The first kappa shape index (κ1) is 18.1. The predicted molar refractivity (Wildman–Crippen MR) is 74.3 cm³/mol. The van der Waals surface area contributed by atoms with E-state index < -0.39 is 44.6 Å². The summed E-state index contributed by atoms with van der Waals surface area (Å²) >= 11 is 0. The Hall–Kier alpha value is -2.00. The molecule has 1 aromatic carbocycles. The van der Waals surface area contributed by atoms with Crippen LogP contribution in [0.3, 0.4) is 0 Å². The molecule has 1 aromatic rings. The number of carbonyl (C=O) groups is 2. The first-order valence-electron chi connectivity index (χ1n) is 6.23. The van der Waals surface area contributed by atoms with Gasteiger partial charge in [0.2, 0.25) is 10.0 Å². The van der Waals surface area contributed by atoms with Crippen LogP contribution >= 0.6 is 0 Å². The molecule has 0 aromatic heterocycles. The first-order valence-corrected chi connectivity index (χ1v) is 7.71. The van der Waals surface area contributed by atoms with E-state index in [2.05, 4.69) is 4.74 Å². The number of aliphatic carboxylic acids is 1. The number of rotatable bonds is 6. The molecule has 0 bridgehead atoms. The molecule has 0 saturated carbocycles. The van der Waals surface area contributed by atoms with Gasteiger partial charge in [-0.3, -0.25) is 4.79 Å². The van der Waals surface area contributed by atoms with Gasteiger partial charge in [0.1, 0.15) is 11.9 Å². The van der Waals surface area contributed by atoms with E-state index in [0.29, 0.717) is 6.07 Å². The summed E-state index contributed by atoms with van der Waals surface area (Å²) in [6.45, 7) is 3.02. The molecule has 0 saturated heterocycles. The molecule has 9 heteroatoms. The first-order chi connectivity index (χ1) is 10.1. The Morgan fingerprint density at radius 3 is 2.36 bits per heavy atom. The molecule has 0 spiro atoms. The van der Waals surface area contributed by atoms with Gasteiger partial charge < -0.3 is 9.84 Å². The number of methoxy groups -OCH3 is 1. The highest BCUT2D eigenvalue weighted by Crippen LogP contribution is 2.19. The number of carboxylic acids is 1. The highest BCUT2D eigenvalue weighted by Gasteiger charge is 2.31.